The maximum atomic E-state index is 11.1. The Morgan fingerprint density at radius 2 is 2.18 bits per heavy atom. The van der Waals surface area contributed by atoms with Crippen LogP contribution in [0, 0.1) is 16.0 Å². The molecule has 0 aromatic heterocycles. The van der Waals surface area contributed by atoms with Gasteiger partial charge in [-0.05, 0) is 43.7 Å². The van der Waals surface area contributed by atoms with Gasteiger partial charge in [0.2, 0.25) is 0 Å². The first-order valence-electron chi connectivity index (χ1n) is 6.22. The van der Waals surface area contributed by atoms with E-state index in [1.54, 1.807) is 6.07 Å². The van der Waals surface area contributed by atoms with Crippen LogP contribution in [0.1, 0.15) is 24.0 Å². The molecule has 4 nitrogen and oxygen atoms in total. The van der Waals surface area contributed by atoms with E-state index in [0.29, 0.717) is 17.6 Å². The van der Waals surface area contributed by atoms with Crippen molar-refractivity contribution in [3.63, 3.8) is 0 Å². The molecule has 1 aromatic carbocycles. The Labute approximate surface area is 100 Å². The van der Waals surface area contributed by atoms with Gasteiger partial charge in [0.25, 0.3) is 5.69 Å². The lowest BCUT2D eigenvalue weighted by Crippen LogP contribution is -2.42. The molecule has 3 aliphatic rings. The number of rotatable bonds is 1. The molecule has 1 fully saturated rings. The van der Waals surface area contributed by atoms with Crippen molar-refractivity contribution < 1.29 is 4.92 Å². The Balaban J connectivity index is 2.06. The normalized spacial score (nSPS) is 27.1. The van der Waals surface area contributed by atoms with E-state index in [4.69, 9.17) is 0 Å². The van der Waals surface area contributed by atoms with E-state index in [1.807, 2.05) is 12.1 Å². The predicted octanol–water partition coefficient (Wildman–Crippen LogP) is 2.06. The molecule has 90 valence electrons. The number of nitro benzene ring substituents is 1. The zero-order chi connectivity index (χ0) is 11.8. The molecular weight excluding hydrogens is 216 g/mol. The van der Waals surface area contributed by atoms with Crippen LogP contribution < -0.4 is 5.32 Å². The number of hydrogen-bond acceptors (Lipinski definition) is 3. The molecule has 2 bridgehead atoms. The van der Waals surface area contributed by atoms with Crippen molar-refractivity contribution in [2.45, 2.75) is 31.7 Å². The molecule has 2 heterocycles. The van der Waals surface area contributed by atoms with Gasteiger partial charge in [-0.2, -0.15) is 0 Å². The molecule has 2 unspecified atom stereocenters. The second kappa shape index (κ2) is 4.11. The molecule has 4 heteroatoms. The lowest BCUT2D eigenvalue weighted by Gasteiger charge is -2.33. The van der Waals surface area contributed by atoms with Crippen molar-refractivity contribution in [3.05, 3.63) is 39.4 Å². The second-order valence-corrected chi connectivity index (χ2v) is 5.13. The average molecular weight is 232 g/mol. The highest BCUT2D eigenvalue weighted by molar-refractivity contribution is 5.46. The van der Waals surface area contributed by atoms with Crippen LogP contribution in [-0.4, -0.2) is 17.5 Å². The van der Waals surface area contributed by atoms with Gasteiger partial charge in [-0.15, -0.1) is 0 Å². The van der Waals surface area contributed by atoms with E-state index in [0.717, 1.165) is 24.9 Å². The first-order valence-corrected chi connectivity index (χ1v) is 6.22. The van der Waals surface area contributed by atoms with Crippen LogP contribution in [0.2, 0.25) is 0 Å². The minimum absolute atomic E-state index is 0.235. The Hall–Kier alpha value is -1.42. The maximum absolute atomic E-state index is 11.1. The number of benzene rings is 1. The van der Waals surface area contributed by atoms with Gasteiger partial charge in [-0.3, -0.25) is 10.1 Å². The van der Waals surface area contributed by atoms with E-state index in [9.17, 15) is 10.1 Å². The SMILES string of the molecule is O=[N+]([O-])c1cccc2c1CC1CCC(C2)NC1. The zero-order valence-electron chi connectivity index (χ0n) is 9.69. The molecule has 17 heavy (non-hydrogen) atoms. The Kier molecular flexibility index (Phi) is 2.59. The molecule has 1 saturated heterocycles. The Morgan fingerprint density at radius 3 is 2.88 bits per heavy atom. The number of piperidine rings is 1. The molecule has 0 saturated carbocycles. The van der Waals surface area contributed by atoms with Crippen molar-refractivity contribution >= 4 is 5.69 Å². The molecule has 1 aromatic rings. The monoisotopic (exact) mass is 232 g/mol. The summed E-state index contributed by atoms with van der Waals surface area (Å²) >= 11 is 0. The van der Waals surface area contributed by atoms with Crippen LogP contribution >= 0.6 is 0 Å². The molecule has 0 spiro atoms. The first kappa shape index (κ1) is 10.7. The van der Waals surface area contributed by atoms with Crippen LogP contribution in [0.5, 0.6) is 0 Å². The molecule has 4 rings (SSSR count). The third-order valence-electron chi connectivity index (χ3n) is 4.02. The molecule has 2 aliphatic heterocycles. The van der Waals surface area contributed by atoms with Gasteiger partial charge in [0.1, 0.15) is 0 Å². The summed E-state index contributed by atoms with van der Waals surface area (Å²) in [6, 6.07) is 6.01. The number of hydrogen-bond donors (Lipinski definition) is 1. The third kappa shape index (κ3) is 1.93. The molecule has 0 amide bonds. The van der Waals surface area contributed by atoms with Crippen molar-refractivity contribution in [3.8, 4) is 0 Å². The summed E-state index contributed by atoms with van der Waals surface area (Å²) in [6.07, 6.45) is 4.19. The van der Waals surface area contributed by atoms with E-state index in [1.165, 1.54) is 18.4 Å². The Bertz CT molecular complexity index is 451. The maximum Gasteiger partial charge on any atom is 0.272 e. The quantitative estimate of drug-likeness (QED) is 0.595. The number of nitrogens with one attached hydrogen (secondary N) is 1. The van der Waals surface area contributed by atoms with Gasteiger partial charge >= 0.3 is 0 Å². The summed E-state index contributed by atoms with van der Waals surface area (Å²) in [5, 5.41) is 14.6. The second-order valence-electron chi connectivity index (χ2n) is 5.13. The van der Waals surface area contributed by atoms with Gasteiger partial charge in [0.05, 0.1) is 4.92 Å². The van der Waals surface area contributed by atoms with E-state index >= 15 is 0 Å². The summed E-state index contributed by atoms with van der Waals surface area (Å²) in [6.45, 7) is 1.01. The summed E-state index contributed by atoms with van der Waals surface area (Å²) in [5.41, 5.74) is 2.46. The van der Waals surface area contributed by atoms with Gasteiger partial charge in [0.15, 0.2) is 0 Å². The summed E-state index contributed by atoms with van der Waals surface area (Å²) < 4.78 is 0. The zero-order valence-corrected chi connectivity index (χ0v) is 9.69. The van der Waals surface area contributed by atoms with Crippen molar-refractivity contribution in [2.24, 2.45) is 5.92 Å². The van der Waals surface area contributed by atoms with Crippen molar-refractivity contribution in [1.82, 2.24) is 5.32 Å². The van der Waals surface area contributed by atoms with Crippen LogP contribution in [0.25, 0.3) is 0 Å². The van der Waals surface area contributed by atoms with E-state index in [-0.39, 0.29) is 4.92 Å². The minimum Gasteiger partial charge on any atom is -0.313 e. The highest BCUT2D eigenvalue weighted by atomic mass is 16.6. The first-order chi connectivity index (χ1) is 8.24. The number of fused-ring (bicyclic) bond motifs is 2. The summed E-state index contributed by atoms with van der Waals surface area (Å²) in [7, 11) is 0. The largest absolute Gasteiger partial charge is 0.313 e. The number of nitrogens with zero attached hydrogens (tertiary/aromatic N) is 1. The molecular formula is C13H16N2O2. The fraction of sp³-hybridized carbons (Fsp3) is 0.538. The fourth-order valence-electron chi connectivity index (χ4n) is 3.10. The average Bonchev–Trinajstić information content (AvgIpc) is 2.28. The fourth-order valence-corrected chi connectivity index (χ4v) is 3.10. The summed E-state index contributed by atoms with van der Waals surface area (Å²) in [5.74, 6) is 0.561. The van der Waals surface area contributed by atoms with Crippen LogP contribution in [0.4, 0.5) is 5.69 Å². The van der Waals surface area contributed by atoms with Gasteiger partial charge in [-0.1, -0.05) is 12.1 Å². The van der Waals surface area contributed by atoms with Crippen molar-refractivity contribution in [2.75, 3.05) is 6.54 Å². The lowest BCUT2D eigenvalue weighted by molar-refractivity contribution is -0.385. The molecule has 0 radical (unpaired) electrons. The highest BCUT2D eigenvalue weighted by Crippen LogP contribution is 2.32. The predicted molar refractivity (Wildman–Crippen MR) is 65.0 cm³/mol. The van der Waals surface area contributed by atoms with Gasteiger partial charge in [0, 0.05) is 17.7 Å². The summed E-state index contributed by atoms with van der Waals surface area (Å²) in [4.78, 5) is 10.8. The standard InChI is InChI=1S/C13H16N2O2/c16-15(17)13-3-1-2-10-7-11-5-4-9(8-14-11)6-12(10)13/h1-3,9,11,14H,4-8H2. The van der Waals surface area contributed by atoms with Crippen LogP contribution in [0.3, 0.4) is 0 Å². The number of nitro groups is 1. The van der Waals surface area contributed by atoms with Gasteiger partial charge < -0.3 is 5.32 Å². The van der Waals surface area contributed by atoms with Gasteiger partial charge in [-0.25, -0.2) is 0 Å². The van der Waals surface area contributed by atoms with E-state index in [2.05, 4.69) is 5.32 Å². The highest BCUT2D eigenvalue weighted by Gasteiger charge is 2.29. The minimum atomic E-state index is -0.235. The van der Waals surface area contributed by atoms with Crippen molar-refractivity contribution in [1.29, 1.82) is 0 Å². The molecule has 1 N–H and O–H groups in total. The Morgan fingerprint density at radius 1 is 1.29 bits per heavy atom. The van der Waals surface area contributed by atoms with Crippen LogP contribution in [-0.2, 0) is 12.8 Å². The molecule has 1 aliphatic carbocycles. The molecule has 2 atom stereocenters. The third-order valence-corrected chi connectivity index (χ3v) is 4.02. The topological polar surface area (TPSA) is 55.2 Å². The smallest absolute Gasteiger partial charge is 0.272 e. The van der Waals surface area contributed by atoms with Crippen LogP contribution in [0.15, 0.2) is 18.2 Å². The lowest BCUT2D eigenvalue weighted by atomic mass is 9.81. The van der Waals surface area contributed by atoms with E-state index < -0.39 is 0 Å².